The average molecular weight is 281 g/mol. The van der Waals surface area contributed by atoms with Crippen molar-refractivity contribution < 1.29 is 9.47 Å². The van der Waals surface area contributed by atoms with E-state index in [9.17, 15) is 0 Å². The highest BCUT2D eigenvalue weighted by atomic mass is 32.1. The molecule has 0 saturated heterocycles. The summed E-state index contributed by atoms with van der Waals surface area (Å²) in [5.41, 5.74) is 2.00. The monoisotopic (exact) mass is 281 g/mol. The molecule has 0 atom stereocenters. The van der Waals surface area contributed by atoms with E-state index in [0.29, 0.717) is 12.5 Å². The van der Waals surface area contributed by atoms with Gasteiger partial charge in [-0.05, 0) is 19.2 Å². The normalized spacial score (nSPS) is 14.6. The van der Waals surface area contributed by atoms with E-state index in [4.69, 9.17) is 9.47 Å². The first-order valence-corrected chi connectivity index (χ1v) is 7.15. The Hall–Kier alpha value is -1.40. The molecule has 0 amide bonds. The van der Waals surface area contributed by atoms with Crippen molar-refractivity contribution in [3.8, 4) is 5.88 Å². The minimum absolute atomic E-state index is 0.609. The highest BCUT2D eigenvalue weighted by Crippen LogP contribution is 2.26. The molecular formula is C13H19N3O2S. The van der Waals surface area contributed by atoms with Gasteiger partial charge in [-0.25, -0.2) is 0 Å². The maximum atomic E-state index is 5.69. The molecule has 5 nitrogen and oxygen atoms in total. The summed E-state index contributed by atoms with van der Waals surface area (Å²) in [6.45, 7) is 4.89. The Labute approximate surface area is 117 Å². The molecule has 0 spiro atoms. The molecule has 0 unspecified atom stereocenters. The van der Waals surface area contributed by atoms with Crippen molar-refractivity contribution in [1.29, 1.82) is 0 Å². The third-order valence-electron chi connectivity index (χ3n) is 2.70. The van der Waals surface area contributed by atoms with Crippen molar-refractivity contribution in [2.75, 3.05) is 33.4 Å². The number of allylic oxidation sites excluding steroid dienone is 2. The second-order valence-corrected chi connectivity index (χ2v) is 4.79. The first-order valence-electron chi connectivity index (χ1n) is 6.42. The Bertz CT molecular complexity index is 456. The van der Waals surface area contributed by atoms with Crippen molar-refractivity contribution in [2.45, 2.75) is 13.3 Å². The van der Waals surface area contributed by atoms with Crippen molar-refractivity contribution in [1.82, 2.24) is 13.6 Å². The minimum Gasteiger partial charge on any atom is -0.475 e. The summed E-state index contributed by atoms with van der Waals surface area (Å²) in [7, 11) is 2.03. The Morgan fingerprint density at radius 2 is 2.26 bits per heavy atom. The van der Waals surface area contributed by atoms with Crippen LogP contribution in [-0.4, -0.2) is 47.1 Å². The van der Waals surface area contributed by atoms with Crippen LogP contribution in [0.2, 0.25) is 0 Å². The number of ether oxygens (including phenoxy) is 2. The van der Waals surface area contributed by atoms with Gasteiger partial charge in [0.15, 0.2) is 0 Å². The molecule has 0 fully saturated rings. The quantitative estimate of drug-likeness (QED) is 0.717. The van der Waals surface area contributed by atoms with Gasteiger partial charge in [-0.1, -0.05) is 6.08 Å². The Morgan fingerprint density at radius 1 is 1.37 bits per heavy atom. The lowest BCUT2D eigenvalue weighted by atomic mass is 10.1. The lowest BCUT2D eigenvalue weighted by Crippen LogP contribution is -2.16. The number of hydrogen-bond donors (Lipinski definition) is 0. The van der Waals surface area contributed by atoms with Crippen LogP contribution in [-0.2, 0) is 4.74 Å². The lowest BCUT2D eigenvalue weighted by molar-refractivity contribution is 0.130. The molecule has 104 valence electrons. The van der Waals surface area contributed by atoms with Gasteiger partial charge in [0.1, 0.15) is 5.69 Å². The van der Waals surface area contributed by atoms with Crippen LogP contribution >= 0.6 is 11.7 Å². The van der Waals surface area contributed by atoms with Crippen LogP contribution in [0, 0.1) is 0 Å². The van der Waals surface area contributed by atoms with Gasteiger partial charge in [0.25, 0.3) is 5.88 Å². The first kappa shape index (κ1) is 14.0. The molecule has 1 aliphatic rings. The number of rotatable bonds is 7. The van der Waals surface area contributed by atoms with Crippen molar-refractivity contribution in [3.63, 3.8) is 0 Å². The predicted molar refractivity (Wildman–Crippen MR) is 76.3 cm³/mol. The van der Waals surface area contributed by atoms with E-state index in [1.165, 1.54) is 11.7 Å². The predicted octanol–water partition coefficient (Wildman–Crippen LogP) is 2.19. The standard InChI is InChI=1S/C13H19N3O2S/c1-3-17-8-5-9-18-13-12(14-19-15-13)11-6-4-7-16(2)10-11/h4,6-7H,3,5,8-10H2,1-2H3. The number of likely N-dealkylation sites (N-methyl/N-ethyl adjacent to an activating group) is 1. The zero-order valence-corrected chi connectivity index (χ0v) is 12.2. The molecule has 0 aliphatic carbocycles. The van der Waals surface area contributed by atoms with Gasteiger partial charge in [-0.2, -0.15) is 4.37 Å². The molecule has 1 aromatic heterocycles. The summed E-state index contributed by atoms with van der Waals surface area (Å²) in [6.07, 6.45) is 6.97. The van der Waals surface area contributed by atoms with E-state index >= 15 is 0 Å². The smallest absolute Gasteiger partial charge is 0.253 e. The van der Waals surface area contributed by atoms with Gasteiger partial charge >= 0.3 is 0 Å². The Balaban J connectivity index is 1.91. The van der Waals surface area contributed by atoms with Crippen LogP contribution < -0.4 is 4.74 Å². The topological polar surface area (TPSA) is 47.5 Å². The average Bonchev–Trinajstić information content (AvgIpc) is 2.87. The summed E-state index contributed by atoms with van der Waals surface area (Å²) in [6, 6.07) is 0. The van der Waals surface area contributed by atoms with Gasteiger partial charge in [0.2, 0.25) is 0 Å². The van der Waals surface area contributed by atoms with Crippen LogP contribution in [0.5, 0.6) is 5.88 Å². The maximum absolute atomic E-state index is 5.69. The zero-order chi connectivity index (χ0) is 13.5. The third kappa shape index (κ3) is 4.04. The van der Waals surface area contributed by atoms with E-state index in [1.807, 2.05) is 26.2 Å². The largest absolute Gasteiger partial charge is 0.475 e. The van der Waals surface area contributed by atoms with Crippen molar-refractivity contribution in [2.24, 2.45) is 0 Å². The fourth-order valence-corrected chi connectivity index (χ4v) is 2.31. The minimum atomic E-state index is 0.609. The summed E-state index contributed by atoms with van der Waals surface area (Å²) in [4.78, 5) is 2.10. The van der Waals surface area contributed by atoms with E-state index in [1.54, 1.807) is 0 Å². The molecule has 1 aliphatic heterocycles. The fourth-order valence-electron chi connectivity index (χ4n) is 1.78. The summed E-state index contributed by atoms with van der Waals surface area (Å²) >= 11 is 1.19. The fraction of sp³-hybridized carbons (Fsp3) is 0.538. The van der Waals surface area contributed by atoms with Gasteiger partial charge in [0.05, 0.1) is 18.3 Å². The second-order valence-electron chi connectivity index (χ2n) is 4.27. The summed E-state index contributed by atoms with van der Waals surface area (Å²) in [5.74, 6) is 0.636. The van der Waals surface area contributed by atoms with Crippen LogP contribution in [0.3, 0.4) is 0 Å². The molecule has 0 N–H and O–H groups in total. The molecule has 0 bridgehead atoms. The zero-order valence-electron chi connectivity index (χ0n) is 11.3. The second kappa shape index (κ2) is 7.25. The van der Waals surface area contributed by atoms with E-state index in [2.05, 4.69) is 19.7 Å². The lowest BCUT2D eigenvalue weighted by Gasteiger charge is -2.18. The molecule has 6 heteroatoms. The van der Waals surface area contributed by atoms with Gasteiger partial charge in [-0.3, -0.25) is 0 Å². The van der Waals surface area contributed by atoms with Crippen LogP contribution in [0.25, 0.3) is 5.57 Å². The molecule has 19 heavy (non-hydrogen) atoms. The molecule has 0 radical (unpaired) electrons. The number of aromatic nitrogens is 2. The Morgan fingerprint density at radius 3 is 3.05 bits per heavy atom. The van der Waals surface area contributed by atoms with Gasteiger partial charge in [-0.15, -0.1) is 4.37 Å². The maximum Gasteiger partial charge on any atom is 0.253 e. The molecule has 0 saturated carbocycles. The van der Waals surface area contributed by atoms with Crippen molar-refractivity contribution in [3.05, 3.63) is 24.0 Å². The molecular weight excluding hydrogens is 262 g/mol. The van der Waals surface area contributed by atoms with Crippen LogP contribution in [0.15, 0.2) is 18.4 Å². The van der Waals surface area contributed by atoms with E-state index in [0.717, 1.165) is 37.4 Å². The molecule has 2 rings (SSSR count). The molecule has 1 aromatic rings. The highest BCUT2D eigenvalue weighted by molar-refractivity contribution is 6.99. The summed E-state index contributed by atoms with van der Waals surface area (Å²) in [5, 5.41) is 0. The molecule has 0 aromatic carbocycles. The van der Waals surface area contributed by atoms with Gasteiger partial charge in [0, 0.05) is 38.8 Å². The molecule has 2 heterocycles. The van der Waals surface area contributed by atoms with E-state index < -0.39 is 0 Å². The van der Waals surface area contributed by atoms with Gasteiger partial charge < -0.3 is 14.4 Å². The summed E-state index contributed by atoms with van der Waals surface area (Å²) < 4.78 is 19.5. The van der Waals surface area contributed by atoms with E-state index in [-0.39, 0.29) is 0 Å². The van der Waals surface area contributed by atoms with Crippen LogP contribution in [0.1, 0.15) is 19.0 Å². The number of hydrogen-bond acceptors (Lipinski definition) is 6. The van der Waals surface area contributed by atoms with Crippen molar-refractivity contribution >= 4 is 17.3 Å². The third-order valence-corrected chi connectivity index (χ3v) is 3.21. The SMILES string of the molecule is CCOCCCOc1nsnc1C1=CC=CN(C)C1. The Kier molecular flexibility index (Phi) is 5.35. The highest BCUT2D eigenvalue weighted by Gasteiger charge is 2.16. The number of nitrogens with zero attached hydrogens (tertiary/aromatic N) is 3. The first-order chi connectivity index (χ1) is 9.31. The van der Waals surface area contributed by atoms with Crippen LogP contribution in [0.4, 0.5) is 0 Å².